The summed E-state index contributed by atoms with van der Waals surface area (Å²) < 4.78 is 0. The molecular weight excluding hydrogens is 248 g/mol. The van der Waals surface area contributed by atoms with Crippen molar-refractivity contribution >= 4 is 11.6 Å². The number of nitrogens with zero attached hydrogens (tertiary/aromatic N) is 4. The lowest BCUT2D eigenvalue weighted by Gasteiger charge is -2.37. The zero-order valence-electron chi connectivity index (χ0n) is 12.1. The lowest BCUT2D eigenvalue weighted by molar-refractivity contribution is 0.639. The van der Waals surface area contributed by atoms with E-state index in [9.17, 15) is 0 Å². The fourth-order valence-electron chi connectivity index (χ4n) is 2.75. The van der Waals surface area contributed by atoms with Crippen molar-refractivity contribution in [1.82, 2.24) is 9.97 Å². The lowest BCUT2D eigenvalue weighted by Crippen LogP contribution is -2.47. The van der Waals surface area contributed by atoms with E-state index in [-0.39, 0.29) is 0 Å². The maximum atomic E-state index is 4.51. The van der Waals surface area contributed by atoms with Crippen molar-refractivity contribution < 1.29 is 0 Å². The van der Waals surface area contributed by atoms with E-state index in [0.29, 0.717) is 0 Å². The Morgan fingerprint density at radius 1 is 0.750 bits per heavy atom. The van der Waals surface area contributed by atoms with Gasteiger partial charge in [-0.1, -0.05) is 12.1 Å². The zero-order chi connectivity index (χ0) is 13.9. The molecule has 0 spiro atoms. The van der Waals surface area contributed by atoms with Gasteiger partial charge >= 0.3 is 0 Å². The van der Waals surface area contributed by atoms with E-state index in [1.54, 1.807) is 0 Å². The van der Waals surface area contributed by atoms with Crippen LogP contribution < -0.4 is 9.80 Å². The van der Waals surface area contributed by atoms with Crippen molar-refractivity contribution in [2.45, 2.75) is 13.8 Å². The third-order valence-electron chi connectivity index (χ3n) is 3.84. The highest BCUT2D eigenvalue weighted by atomic mass is 15.3. The Labute approximate surface area is 120 Å². The van der Waals surface area contributed by atoms with Crippen LogP contribution in [0.1, 0.15) is 11.1 Å². The van der Waals surface area contributed by atoms with Gasteiger partial charge in [0, 0.05) is 38.6 Å². The van der Waals surface area contributed by atoms with Gasteiger partial charge in [0.15, 0.2) is 0 Å². The van der Waals surface area contributed by atoms with Gasteiger partial charge in [-0.25, -0.2) is 9.97 Å². The summed E-state index contributed by atoms with van der Waals surface area (Å²) in [6, 6.07) is 8.23. The van der Waals surface area contributed by atoms with Gasteiger partial charge in [-0.15, -0.1) is 0 Å². The average molecular weight is 268 g/mol. The second-order valence-electron chi connectivity index (χ2n) is 5.26. The van der Waals surface area contributed by atoms with Crippen molar-refractivity contribution in [2.75, 3.05) is 36.0 Å². The van der Waals surface area contributed by atoms with E-state index < -0.39 is 0 Å². The molecular formula is C16H20N4. The number of rotatable bonds is 2. The molecule has 0 unspecified atom stereocenters. The fraction of sp³-hybridized carbons (Fsp3) is 0.375. The summed E-state index contributed by atoms with van der Waals surface area (Å²) in [5.74, 6) is 2.23. The van der Waals surface area contributed by atoms with E-state index >= 15 is 0 Å². The molecule has 20 heavy (non-hydrogen) atoms. The predicted molar refractivity (Wildman–Crippen MR) is 82.4 cm³/mol. The maximum absolute atomic E-state index is 4.51. The Hall–Kier alpha value is -2.10. The van der Waals surface area contributed by atoms with Crippen molar-refractivity contribution in [1.29, 1.82) is 0 Å². The van der Waals surface area contributed by atoms with Crippen LogP contribution in [-0.4, -0.2) is 36.1 Å². The molecule has 2 aromatic rings. The van der Waals surface area contributed by atoms with Gasteiger partial charge < -0.3 is 9.80 Å². The molecule has 1 aliphatic rings. The fourth-order valence-corrected chi connectivity index (χ4v) is 2.75. The smallest absolute Gasteiger partial charge is 0.131 e. The van der Waals surface area contributed by atoms with Gasteiger partial charge in [-0.05, 0) is 37.1 Å². The highest BCUT2D eigenvalue weighted by Crippen LogP contribution is 2.21. The first-order valence-corrected chi connectivity index (χ1v) is 7.09. The lowest BCUT2D eigenvalue weighted by atomic mass is 10.2. The van der Waals surface area contributed by atoms with Gasteiger partial charge in [-0.3, -0.25) is 0 Å². The number of pyridine rings is 2. The summed E-state index contributed by atoms with van der Waals surface area (Å²) in [6.45, 7) is 8.22. The normalized spacial score (nSPS) is 15.5. The highest BCUT2D eigenvalue weighted by Gasteiger charge is 2.20. The van der Waals surface area contributed by atoms with Crippen LogP contribution in [0.3, 0.4) is 0 Å². The predicted octanol–water partition coefficient (Wildman–Crippen LogP) is 2.42. The number of aromatic nitrogens is 2. The van der Waals surface area contributed by atoms with E-state index in [1.165, 1.54) is 11.1 Å². The molecule has 0 aliphatic carbocycles. The molecule has 0 saturated carbocycles. The molecule has 0 aromatic carbocycles. The zero-order valence-corrected chi connectivity index (χ0v) is 12.1. The molecule has 3 rings (SSSR count). The summed E-state index contributed by atoms with van der Waals surface area (Å²) in [7, 11) is 0. The summed E-state index contributed by atoms with van der Waals surface area (Å²) >= 11 is 0. The Morgan fingerprint density at radius 2 is 1.15 bits per heavy atom. The monoisotopic (exact) mass is 268 g/mol. The number of anilines is 2. The van der Waals surface area contributed by atoms with Crippen LogP contribution in [0.25, 0.3) is 0 Å². The van der Waals surface area contributed by atoms with Crippen molar-refractivity contribution in [2.24, 2.45) is 0 Å². The van der Waals surface area contributed by atoms with Gasteiger partial charge in [0.1, 0.15) is 11.6 Å². The number of hydrogen-bond acceptors (Lipinski definition) is 4. The number of hydrogen-bond donors (Lipinski definition) is 0. The summed E-state index contributed by atoms with van der Waals surface area (Å²) in [4.78, 5) is 13.7. The largest absolute Gasteiger partial charge is 0.353 e. The molecule has 0 amide bonds. The van der Waals surface area contributed by atoms with Crippen molar-refractivity contribution in [3.05, 3.63) is 47.8 Å². The number of piperazine rings is 1. The Bertz CT molecular complexity index is 535. The molecule has 4 heteroatoms. The second-order valence-corrected chi connectivity index (χ2v) is 5.26. The van der Waals surface area contributed by atoms with Crippen LogP contribution in [0.2, 0.25) is 0 Å². The van der Waals surface area contributed by atoms with E-state index in [2.05, 4.69) is 45.7 Å². The maximum Gasteiger partial charge on any atom is 0.131 e. The molecule has 2 aromatic heterocycles. The number of aryl methyl sites for hydroxylation is 2. The van der Waals surface area contributed by atoms with Crippen molar-refractivity contribution in [3.63, 3.8) is 0 Å². The third-order valence-corrected chi connectivity index (χ3v) is 3.84. The van der Waals surface area contributed by atoms with Crippen LogP contribution in [-0.2, 0) is 0 Å². The third kappa shape index (κ3) is 2.46. The van der Waals surface area contributed by atoms with E-state index in [1.807, 2.05) is 24.5 Å². The molecule has 0 atom stereocenters. The van der Waals surface area contributed by atoms with Gasteiger partial charge in [0.05, 0.1) is 0 Å². The van der Waals surface area contributed by atoms with Gasteiger partial charge in [-0.2, -0.15) is 0 Å². The highest BCUT2D eigenvalue weighted by molar-refractivity contribution is 5.51. The second kappa shape index (κ2) is 5.49. The minimum absolute atomic E-state index is 0.994. The summed E-state index contributed by atoms with van der Waals surface area (Å²) in [5.41, 5.74) is 2.49. The standard InChI is InChI=1S/C16H20N4/c1-13-5-3-7-17-15(13)19-9-11-20(12-10-19)16-14(2)6-4-8-18-16/h3-8H,9-12H2,1-2H3. The van der Waals surface area contributed by atoms with E-state index in [0.717, 1.165) is 37.8 Å². The topological polar surface area (TPSA) is 32.3 Å². The van der Waals surface area contributed by atoms with Crippen LogP contribution >= 0.6 is 0 Å². The minimum Gasteiger partial charge on any atom is -0.353 e. The molecule has 1 aliphatic heterocycles. The van der Waals surface area contributed by atoms with Crippen LogP contribution in [0.4, 0.5) is 11.6 Å². The summed E-state index contributed by atoms with van der Waals surface area (Å²) in [6.07, 6.45) is 3.75. The first kappa shape index (κ1) is 12.9. The Morgan fingerprint density at radius 3 is 1.50 bits per heavy atom. The molecule has 3 heterocycles. The molecule has 0 N–H and O–H groups in total. The minimum atomic E-state index is 0.994. The van der Waals surface area contributed by atoms with Gasteiger partial charge in [0.25, 0.3) is 0 Å². The summed E-state index contributed by atoms with van der Waals surface area (Å²) in [5, 5.41) is 0. The molecule has 0 radical (unpaired) electrons. The Balaban J connectivity index is 1.72. The molecule has 104 valence electrons. The Kier molecular flexibility index (Phi) is 3.54. The molecule has 4 nitrogen and oxygen atoms in total. The van der Waals surface area contributed by atoms with E-state index in [4.69, 9.17) is 0 Å². The molecule has 0 bridgehead atoms. The van der Waals surface area contributed by atoms with Crippen molar-refractivity contribution in [3.8, 4) is 0 Å². The van der Waals surface area contributed by atoms with Crippen LogP contribution in [0.15, 0.2) is 36.7 Å². The molecule has 1 saturated heterocycles. The SMILES string of the molecule is Cc1cccnc1N1CCN(c2ncccc2C)CC1. The molecule has 1 fully saturated rings. The quantitative estimate of drug-likeness (QED) is 0.837. The van der Waals surface area contributed by atoms with Crippen LogP contribution in [0, 0.1) is 13.8 Å². The average Bonchev–Trinajstić information content (AvgIpc) is 2.49. The first-order valence-electron chi connectivity index (χ1n) is 7.09. The van der Waals surface area contributed by atoms with Gasteiger partial charge in [0.2, 0.25) is 0 Å². The first-order chi connectivity index (χ1) is 9.75. The van der Waals surface area contributed by atoms with Crippen LogP contribution in [0.5, 0.6) is 0 Å².